The number of halogens is 1. The topological polar surface area (TPSA) is 41.6 Å². The molecule has 10 heavy (non-hydrogen) atoms. The Labute approximate surface area is 71.0 Å². The molecule has 0 aliphatic rings. The van der Waals surface area contributed by atoms with Gasteiger partial charge in [0, 0.05) is 6.20 Å². The van der Waals surface area contributed by atoms with Gasteiger partial charge in [-0.3, -0.25) is 4.98 Å². The van der Waals surface area contributed by atoms with Gasteiger partial charge in [0.05, 0.1) is 11.7 Å². The summed E-state index contributed by atoms with van der Waals surface area (Å²) >= 11 is 2.14. The molecule has 50 valence electrons. The Balaban J connectivity index is 2.88. The SMILES string of the molecule is Ic1nc2cnccc2[nH]1. The minimum Gasteiger partial charge on any atom is -0.333 e. The van der Waals surface area contributed by atoms with Gasteiger partial charge in [-0.2, -0.15) is 0 Å². The second-order valence-corrected chi connectivity index (χ2v) is 2.94. The molecule has 0 radical (unpaired) electrons. The normalized spacial score (nSPS) is 10.5. The molecule has 2 aromatic heterocycles. The monoisotopic (exact) mass is 245 g/mol. The maximum absolute atomic E-state index is 4.18. The van der Waals surface area contributed by atoms with Crippen LogP contribution >= 0.6 is 22.6 Å². The highest BCUT2D eigenvalue weighted by Gasteiger charge is 1.96. The van der Waals surface area contributed by atoms with Crippen molar-refractivity contribution in [1.29, 1.82) is 0 Å². The summed E-state index contributed by atoms with van der Waals surface area (Å²) in [6.07, 6.45) is 3.49. The van der Waals surface area contributed by atoms with Crippen LogP contribution in [0.15, 0.2) is 18.5 Å². The number of nitrogens with zero attached hydrogens (tertiary/aromatic N) is 2. The van der Waals surface area contributed by atoms with Crippen LogP contribution < -0.4 is 0 Å². The Morgan fingerprint density at radius 3 is 3.20 bits per heavy atom. The van der Waals surface area contributed by atoms with Crippen LogP contribution in [0.2, 0.25) is 0 Å². The third-order valence-corrected chi connectivity index (χ3v) is 1.77. The van der Waals surface area contributed by atoms with Crippen molar-refractivity contribution in [2.45, 2.75) is 0 Å². The number of aromatic amines is 1. The first-order valence-electron chi connectivity index (χ1n) is 2.81. The maximum atomic E-state index is 4.18. The first-order chi connectivity index (χ1) is 4.86. The van der Waals surface area contributed by atoms with E-state index in [2.05, 4.69) is 37.5 Å². The molecule has 0 bridgehead atoms. The predicted molar refractivity (Wildman–Crippen MR) is 46.6 cm³/mol. The molecule has 0 fully saturated rings. The number of imidazole rings is 1. The molecular formula is C6H4IN3. The van der Waals surface area contributed by atoms with E-state index in [4.69, 9.17) is 0 Å². The lowest BCUT2D eigenvalue weighted by molar-refractivity contribution is 1.26. The van der Waals surface area contributed by atoms with Crippen molar-refractivity contribution in [3.63, 3.8) is 0 Å². The molecule has 0 saturated heterocycles. The lowest BCUT2D eigenvalue weighted by atomic mass is 10.4. The number of nitrogens with one attached hydrogen (secondary N) is 1. The van der Waals surface area contributed by atoms with Gasteiger partial charge in [0.15, 0.2) is 3.83 Å². The molecule has 0 saturated carbocycles. The summed E-state index contributed by atoms with van der Waals surface area (Å²) in [5.74, 6) is 0. The number of rotatable bonds is 0. The van der Waals surface area contributed by atoms with E-state index >= 15 is 0 Å². The van der Waals surface area contributed by atoms with Crippen LogP contribution in [0.3, 0.4) is 0 Å². The van der Waals surface area contributed by atoms with E-state index in [-0.39, 0.29) is 0 Å². The van der Waals surface area contributed by atoms with Gasteiger partial charge in [-0.1, -0.05) is 0 Å². The van der Waals surface area contributed by atoms with Gasteiger partial charge in [-0.05, 0) is 28.7 Å². The zero-order chi connectivity index (χ0) is 6.97. The van der Waals surface area contributed by atoms with Gasteiger partial charge in [0.1, 0.15) is 5.52 Å². The quantitative estimate of drug-likeness (QED) is 0.715. The molecule has 2 rings (SSSR count). The van der Waals surface area contributed by atoms with Crippen LogP contribution in [0, 0.1) is 3.83 Å². The third-order valence-electron chi connectivity index (χ3n) is 1.26. The minimum absolute atomic E-state index is 0.903. The highest BCUT2D eigenvalue weighted by molar-refractivity contribution is 14.1. The van der Waals surface area contributed by atoms with Crippen molar-refractivity contribution in [3.05, 3.63) is 22.3 Å². The number of fused-ring (bicyclic) bond motifs is 1. The summed E-state index contributed by atoms with van der Waals surface area (Å²) in [6, 6.07) is 1.91. The van der Waals surface area contributed by atoms with Crippen LogP contribution in [0.25, 0.3) is 11.0 Å². The Kier molecular flexibility index (Phi) is 1.33. The number of H-pyrrole nitrogens is 1. The highest BCUT2D eigenvalue weighted by atomic mass is 127. The van der Waals surface area contributed by atoms with Crippen molar-refractivity contribution < 1.29 is 0 Å². The summed E-state index contributed by atoms with van der Waals surface area (Å²) in [4.78, 5) is 11.2. The van der Waals surface area contributed by atoms with Gasteiger partial charge in [-0.15, -0.1) is 0 Å². The maximum Gasteiger partial charge on any atom is 0.169 e. The molecule has 1 N–H and O–H groups in total. The lowest BCUT2D eigenvalue weighted by Crippen LogP contribution is -1.69. The largest absolute Gasteiger partial charge is 0.333 e. The van der Waals surface area contributed by atoms with Crippen LogP contribution in [0.4, 0.5) is 0 Å². The average Bonchev–Trinajstić information content (AvgIpc) is 2.27. The van der Waals surface area contributed by atoms with Crippen LogP contribution in [0.1, 0.15) is 0 Å². The van der Waals surface area contributed by atoms with Gasteiger partial charge in [0.25, 0.3) is 0 Å². The number of aromatic nitrogens is 3. The average molecular weight is 245 g/mol. The first-order valence-corrected chi connectivity index (χ1v) is 3.89. The molecule has 0 amide bonds. The fourth-order valence-corrected chi connectivity index (χ4v) is 1.38. The zero-order valence-electron chi connectivity index (χ0n) is 5.00. The van der Waals surface area contributed by atoms with E-state index < -0.39 is 0 Å². The van der Waals surface area contributed by atoms with Crippen molar-refractivity contribution in [1.82, 2.24) is 15.0 Å². The van der Waals surface area contributed by atoms with E-state index in [1.54, 1.807) is 12.4 Å². The summed E-state index contributed by atoms with van der Waals surface area (Å²) < 4.78 is 0.903. The highest BCUT2D eigenvalue weighted by Crippen LogP contribution is 2.09. The molecule has 3 nitrogen and oxygen atoms in total. The second-order valence-electron chi connectivity index (χ2n) is 1.92. The van der Waals surface area contributed by atoms with Crippen molar-refractivity contribution in [2.75, 3.05) is 0 Å². The fourth-order valence-electron chi connectivity index (χ4n) is 0.826. The van der Waals surface area contributed by atoms with Crippen molar-refractivity contribution in [3.8, 4) is 0 Å². The van der Waals surface area contributed by atoms with Gasteiger partial charge in [-0.25, -0.2) is 4.98 Å². The van der Waals surface area contributed by atoms with Crippen LogP contribution in [-0.4, -0.2) is 15.0 Å². The molecule has 0 aliphatic heterocycles. The van der Waals surface area contributed by atoms with E-state index in [0.717, 1.165) is 14.9 Å². The van der Waals surface area contributed by atoms with E-state index in [1.807, 2.05) is 6.07 Å². The molecule has 0 spiro atoms. The Bertz CT molecular complexity index is 322. The third kappa shape index (κ3) is 0.880. The van der Waals surface area contributed by atoms with E-state index in [0.29, 0.717) is 0 Å². The summed E-state index contributed by atoms with van der Waals surface area (Å²) in [6.45, 7) is 0. The minimum atomic E-state index is 0.903. The zero-order valence-corrected chi connectivity index (χ0v) is 7.16. The van der Waals surface area contributed by atoms with Crippen molar-refractivity contribution in [2.24, 2.45) is 0 Å². The number of hydrogen-bond acceptors (Lipinski definition) is 2. The standard InChI is InChI=1S/C6H4IN3/c7-6-9-4-1-2-8-3-5(4)10-6/h1-3H,(H,9,10). The smallest absolute Gasteiger partial charge is 0.169 e. The lowest BCUT2D eigenvalue weighted by Gasteiger charge is -1.80. The second kappa shape index (κ2) is 2.19. The fraction of sp³-hybridized carbons (Fsp3) is 0. The molecule has 0 aromatic carbocycles. The van der Waals surface area contributed by atoms with E-state index in [1.165, 1.54) is 0 Å². The van der Waals surface area contributed by atoms with Gasteiger partial charge < -0.3 is 4.98 Å². The van der Waals surface area contributed by atoms with Gasteiger partial charge in [0.2, 0.25) is 0 Å². The number of pyridine rings is 1. The molecule has 0 aliphatic carbocycles. The molecule has 2 heterocycles. The van der Waals surface area contributed by atoms with Crippen LogP contribution in [-0.2, 0) is 0 Å². The summed E-state index contributed by atoms with van der Waals surface area (Å²) in [5, 5.41) is 0. The molecule has 0 atom stereocenters. The number of hydrogen-bond donors (Lipinski definition) is 1. The van der Waals surface area contributed by atoms with E-state index in [9.17, 15) is 0 Å². The predicted octanol–water partition coefficient (Wildman–Crippen LogP) is 1.56. The molecule has 2 aromatic rings. The Morgan fingerprint density at radius 1 is 1.50 bits per heavy atom. The molecule has 0 unspecified atom stereocenters. The Hall–Kier alpha value is -0.650. The summed E-state index contributed by atoms with van der Waals surface area (Å²) in [7, 11) is 0. The van der Waals surface area contributed by atoms with Crippen LogP contribution in [0.5, 0.6) is 0 Å². The molecular weight excluding hydrogens is 241 g/mol. The molecule has 4 heteroatoms. The van der Waals surface area contributed by atoms with Crippen molar-refractivity contribution >= 4 is 33.6 Å². The summed E-state index contributed by atoms with van der Waals surface area (Å²) in [5.41, 5.74) is 1.96. The van der Waals surface area contributed by atoms with Gasteiger partial charge >= 0.3 is 0 Å². The first kappa shape index (κ1) is 6.09. The Morgan fingerprint density at radius 2 is 2.40 bits per heavy atom.